The summed E-state index contributed by atoms with van der Waals surface area (Å²) < 4.78 is 11.8. The van der Waals surface area contributed by atoms with E-state index in [-0.39, 0.29) is 23.3 Å². The van der Waals surface area contributed by atoms with Gasteiger partial charge < -0.3 is 14.9 Å². The number of hydrogen-bond donors (Lipinski definition) is 1. The summed E-state index contributed by atoms with van der Waals surface area (Å²) in [6.07, 6.45) is 3.09. The maximum atomic E-state index is 12.5. The fraction of sp³-hybridized carbons (Fsp3) is 0.133. The Morgan fingerprint density at radius 2 is 2.00 bits per heavy atom. The number of nitrogens with zero attached hydrogens (tertiary/aromatic N) is 4. The molecule has 0 atom stereocenters. The molecule has 0 saturated heterocycles. The van der Waals surface area contributed by atoms with Gasteiger partial charge in [0.1, 0.15) is 0 Å². The van der Waals surface area contributed by atoms with E-state index in [2.05, 4.69) is 15.2 Å². The molecule has 2 N–H and O–H groups in total. The van der Waals surface area contributed by atoms with Gasteiger partial charge in [-0.3, -0.25) is 14.6 Å². The summed E-state index contributed by atoms with van der Waals surface area (Å²) in [5.74, 6) is -0.416. The van der Waals surface area contributed by atoms with E-state index in [9.17, 15) is 9.59 Å². The molecule has 3 aromatic rings. The highest BCUT2D eigenvalue weighted by molar-refractivity contribution is 6.01. The second-order valence-electron chi connectivity index (χ2n) is 4.82. The molecule has 3 heterocycles. The summed E-state index contributed by atoms with van der Waals surface area (Å²) in [5.41, 5.74) is 5.80. The quantitative estimate of drug-likeness (QED) is 0.747. The van der Waals surface area contributed by atoms with Gasteiger partial charge in [0.25, 0.3) is 5.56 Å². The topological polar surface area (TPSA) is 126 Å². The van der Waals surface area contributed by atoms with Gasteiger partial charge in [-0.2, -0.15) is 4.57 Å². The highest BCUT2D eigenvalue weighted by atomic mass is 16.5. The van der Waals surface area contributed by atoms with Crippen molar-refractivity contribution >= 4 is 5.91 Å². The van der Waals surface area contributed by atoms with Gasteiger partial charge in [-0.1, -0.05) is 5.10 Å². The number of pyridine rings is 2. The van der Waals surface area contributed by atoms with Gasteiger partial charge in [0.2, 0.25) is 17.7 Å². The zero-order valence-electron chi connectivity index (χ0n) is 12.9. The molecule has 1 amide bonds. The number of aryl methyl sites for hydroxylation is 1. The van der Waals surface area contributed by atoms with Gasteiger partial charge in [-0.15, -0.1) is 5.10 Å². The molecule has 0 aromatic carbocycles. The Hall–Kier alpha value is -3.49. The van der Waals surface area contributed by atoms with Gasteiger partial charge in [0.15, 0.2) is 0 Å². The fourth-order valence-electron chi connectivity index (χ4n) is 2.33. The number of carbonyl (C=O) groups is 1. The van der Waals surface area contributed by atoms with Gasteiger partial charge >= 0.3 is 6.01 Å². The third-order valence-electron chi connectivity index (χ3n) is 3.31. The minimum Gasteiger partial charge on any atom is -0.481 e. The SMILES string of the molecule is COc1c(-c2ccncc2)c(C(N)=O)cc(=O)n1-c1nnc(C)o1. The summed E-state index contributed by atoms with van der Waals surface area (Å²) in [5, 5.41) is 7.54. The third-order valence-corrected chi connectivity index (χ3v) is 3.31. The number of nitrogens with two attached hydrogens (primary N) is 1. The third kappa shape index (κ3) is 2.51. The molecule has 0 fully saturated rings. The van der Waals surface area contributed by atoms with Crippen LogP contribution in [0.2, 0.25) is 0 Å². The lowest BCUT2D eigenvalue weighted by atomic mass is 10.0. The molecule has 0 radical (unpaired) electrons. The second kappa shape index (κ2) is 5.95. The summed E-state index contributed by atoms with van der Waals surface area (Å²) in [6.45, 7) is 1.59. The van der Waals surface area contributed by atoms with Crippen molar-refractivity contribution in [2.24, 2.45) is 5.73 Å². The van der Waals surface area contributed by atoms with Crippen LogP contribution in [0.25, 0.3) is 17.1 Å². The number of hydrogen-bond acceptors (Lipinski definition) is 7. The van der Waals surface area contributed by atoms with Crippen molar-refractivity contribution in [3.05, 3.63) is 52.4 Å². The van der Waals surface area contributed by atoms with Crippen molar-refractivity contribution in [1.82, 2.24) is 19.7 Å². The van der Waals surface area contributed by atoms with E-state index in [1.807, 2.05) is 0 Å². The first-order chi connectivity index (χ1) is 11.5. The fourth-order valence-corrected chi connectivity index (χ4v) is 2.33. The maximum Gasteiger partial charge on any atom is 0.332 e. The van der Waals surface area contributed by atoms with Crippen LogP contribution in [0.15, 0.2) is 39.8 Å². The van der Waals surface area contributed by atoms with Crippen molar-refractivity contribution < 1.29 is 13.9 Å². The molecular formula is C15H13N5O4. The number of amides is 1. The number of aromatic nitrogens is 4. The standard InChI is InChI=1S/C15H13N5O4/c1-8-18-19-15(24-8)20-11(21)7-10(13(16)22)12(14(20)23-2)9-3-5-17-6-4-9/h3-7H,1-2H3,(H2,16,22). The highest BCUT2D eigenvalue weighted by Gasteiger charge is 2.24. The normalized spacial score (nSPS) is 10.6. The number of carbonyl (C=O) groups excluding carboxylic acids is 1. The number of primary amides is 1. The van der Waals surface area contributed by atoms with E-state index in [0.717, 1.165) is 10.6 Å². The lowest BCUT2D eigenvalue weighted by Crippen LogP contribution is -2.25. The first-order valence-electron chi connectivity index (χ1n) is 6.87. The van der Waals surface area contributed by atoms with Crippen LogP contribution in [-0.4, -0.2) is 32.8 Å². The smallest absolute Gasteiger partial charge is 0.332 e. The van der Waals surface area contributed by atoms with Crippen LogP contribution >= 0.6 is 0 Å². The Kier molecular flexibility index (Phi) is 3.82. The van der Waals surface area contributed by atoms with Crippen LogP contribution < -0.4 is 16.0 Å². The molecular weight excluding hydrogens is 314 g/mol. The molecule has 3 rings (SSSR count). The number of ether oxygens (including phenoxy) is 1. The summed E-state index contributed by atoms with van der Waals surface area (Å²) in [6, 6.07) is 4.37. The average Bonchev–Trinajstić information content (AvgIpc) is 3.00. The first kappa shape index (κ1) is 15.4. The minimum atomic E-state index is -0.758. The van der Waals surface area contributed by atoms with Gasteiger partial charge in [0.05, 0.1) is 18.2 Å². The van der Waals surface area contributed by atoms with Crippen molar-refractivity contribution in [3.8, 4) is 23.0 Å². The van der Waals surface area contributed by atoms with Crippen LogP contribution in [0.3, 0.4) is 0 Å². The van der Waals surface area contributed by atoms with Crippen LogP contribution in [0.1, 0.15) is 16.2 Å². The lowest BCUT2D eigenvalue weighted by molar-refractivity contribution is 0.1000. The molecule has 0 aliphatic rings. The van der Waals surface area contributed by atoms with Crippen molar-refractivity contribution in [3.63, 3.8) is 0 Å². The molecule has 3 aromatic heterocycles. The molecule has 0 unspecified atom stereocenters. The van der Waals surface area contributed by atoms with E-state index in [4.69, 9.17) is 14.9 Å². The summed E-state index contributed by atoms with van der Waals surface area (Å²) in [7, 11) is 1.37. The van der Waals surface area contributed by atoms with Gasteiger partial charge in [-0.25, -0.2) is 0 Å². The van der Waals surface area contributed by atoms with E-state index >= 15 is 0 Å². The van der Waals surface area contributed by atoms with Crippen LogP contribution in [-0.2, 0) is 0 Å². The molecule has 9 nitrogen and oxygen atoms in total. The molecule has 0 aliphatic heterocycles. The predicted molar refractivity (Wildman–Crippen MR) is 82.9 cm³/mol. The van der Waals surface area contributed by atoms with E-state index < -0.39 is 11.5 Å². The summed E-state index contributed by atoms with van der Waals surface area (Å²) >= 11 is 0. The Morgan fingerprint density at radius 3 is 2.54 bits per heavy atom. The van der Waals surface area contributed by atoms with Crippen molar-refractivity contribution in [2.45, 2.75) is 6.92 Å². The highest BCUT2D eigenvalue weighted by Crippen LogP contribution is 2.33. The number of methoxy groups -OCH3 is 1. The van der Waals surface area contributed by atoms with E-state index in [0.29, 0.717) is 11.1 Å². The zero-order valence-corrected chi connectivity index (χ0v) is 12.9. The molecule has 0 saturated carbocycles. The Balaban J connectivity index is 2.41. The second-order valence-corrected chi connectivity index (χ2v) is 4.82. The molecule has 0 bridgehead atoms. The van der Waals surface area contributed by atoms with Gasteiger partial charge in [0, 0.05) is 25.4 Å². The van der Waals surface area contributed by atoms with E-state index in [1.54, 1.807) is 31.5 Å². The Bertz CT molecular complexity index is 962. The Labute approximate surface area is 135 Å². The van der Waals surface area contributed by atoms with Crippen LogP contribution in [0.4, 0.5) is 0 Å². The number of rotatable bonds is 4. The van der Waals surface area contributed by atoms with Crippen LogP contribution in [0, 0.1) is 6.92 Å². The van der Waals surface area contributed by atoms with Crippen molar-refractivity contribution in [1.29, 1.82) is 0 Å². The molecule has 0 spiro atoms. The van der Waals surface area contributed by atoms with Crippen molar-refractivity contribution in [2.75, 3.05) is 7.11 Å². The predicted octanol–water partition coefficient (Wildman–Crippen LogP) is 0.698. The van der Waals surface area contributed by atoms with Gasteiger partial charge in [-0.05, 0) is 17.7 Å². The largest absolute Gasteiger partial charge is 0.481 e. The maximum absolute atomic E-state index is 12.5. The molecule has 122 valence electrons. The minimum absolute atomic E-state index is 0.0236. The molecule has 24 heavy (non-hydrogen) atoms. The Morgan fingerprint density at radius 1 is 1.29 bits per heavy atom. The monoisotopic (exact) mass is 327 g/mol. The lowest BCUT2D eigenvalue weighted by Gasteiger charge is -2.15. The van der Waals surface area contributed by atoms with Crippen LogP contribution in [0.5, 0.6) is 5.88 Å². The summed E-state index contributed by atoms with van der Waals surface area (Å²) in [4.78, 5) is 28.2. The zero-order chi connectivity index (χ0) is 17.3. The average molecular weight is 327 g/mol. The molecule has 0 aliphatic carbocycles. The van der Waals surface area contributed by atoms with E-state index in [1.165, 1.54) is 7.11 Å². The first-order valence-corrected chi connectivity index (χ1v) is 6.87. The molecule has 9 heteroatoms.